The second-order valence-corrected chi connectivity index (χ2v) is 6.40. The van der Waals surface area contributed by atoms with Gasteiger partial charge in [-0.05, 0) is 25.1 Å². The van der Waals surface area contributed by atoms with Gasteiger partial charge in [0.2, 0.25) is 11.8 Å². The zero-order valence-corrected chi connectivity index (χ0v) is 14.1. The van der Waals surface area contributed by atoms with Crippen molar-refractivity contribution in [3.8, 4) is 11.3 Å². The third-order valence-corrected chi connectivity index (χ3v) is 4.37. The predicted octanol–water partition coefficient (Wildman–Crippen LogP) is 4.66. The molecule has 128 valence electrons. The van der Waals surface area contributed by atoms with Crippen LogP contribution in [0, 0.1) is 18.6 Å². The number of benzene rings is 2. The summed E-state index contributed by atoms with van der Waals surface area (Å²) in [7, 11) is 0. The Labute approximate surface area is 147 Å². The average molecular weight is 360 g/mol. The van der Waals surface area contributed by atoms with Gasteiger partial charge in [0.1, 0.15) is 5.69 Å². The van der Waals surface area contributed by atoms with Crippen LogP contribution in [0.4, 0.5) is 14.7 Å². The lowest BCUT2D eigenvalue weighted by atomic mass is 10.1. The fraction of sp³-hybridized carbons (Fsp3) is 0.111. The highest BCUT2D eigenvalue weighted by Crippen LogP contribution is 2.23. The van der Waals surface area contributed by atoms with Crippen molar-refractivity contribution in [2.24, 2.45) is 0 Å². The number of rotatable bonds is 5. The topological polar surface area (TPSA) is 55.1 Å². The highest BCUT2D eigenvalue weighted by molar-refractivity contribution is 8.00. The minimum atomic E-state index is -0.941. The lowest BCUT2D eigenvalue weighted by Crippen LogP contribution is -2.13. The van der Waals surface area contributed by atoms with Gasteiger partial charge in [-0.15, -0.1) is 11.8 Å². The van der Waals surface area contributed by atoms with Crippen molar-refractivity contribution in [2.75, 3.05) is 11.1 Å². The molecule has 1 heterocycles. The summed E-state index contributed by atoms with van der Waals surface area (Å²) >= 11 is 1.09. The molecule has 0 spiro atoms. The molecule has 0 aliphatic heterocycles. The van der Waals surface area contributed by atoms with Crippen molar-refractivity contribution in [2.45, 2.75) is 11.8 Å². The summed E-state index contributed by atoms with van der Waals surface area (Å²) < 4.78 is 31.1. The number of amides is 1. The molecule has 0 saturated carbocycles. The SMILES string of the molecule is Cc1ccc(-c2cc(NC(=O)CSc3ccc(F)c(F)c3)on2)cc1. The molecule has 1 amide bonds. The summed E-state index contributed by atoms with van der Waals surface area (Å²) in [5.41, 5.74) is 2.63. The van der Waals surface area contributed by atoms with Crippen molar-refractivity contribution < 1.29 is 18.1 Å². The van der Waals surface area contributed by atoms with E-state index in [1.54, 1.807) is 6.07 Å². The van der Waals surface area contributed by atoms with Crippen molar-refractivity contribution >= 4 is 23.6 Å². The summed E-state index contributed by atoms with van der Waals surface area (Å²) in [6, 6.07) is 12.9. The number of hydrogen-bond donors (Lipinski definition) is 1. The number of aryl methyl sites for hydroxylation is 1. The number of thioether (sulfide) groups is 1. The van der Waals surface area contributed by atoms with Crippen LogP contribution in [-0.4, -0.2) is 16.8 Å². The molecule has 1 N–H and O–H groups in total. The van der Waals surface area contributed by atoms with E-state index in [1.807, 2.05) is 31.2 Å². The Morgan fingerprint density at radius 2 is 1.88 bits per heavy atom. The smallest absolute Gasteiger partial charge is 0.237 e. The molecule has 0 bridgehead atoms. The summed E-state index contributed by atoms with van der Waals surface area (Å²) in [6.07, 6.45) is 0. The van der Waals surface area contributed by atoms with Gasteiger partial charge in [0, 0.05) is 16.5 Å². The Balaban J connectivity index is 1.58. The number of hydrogen-bond acceptors (Lipinski definition) is 4. The van der Waals surface area contributed by atoms with E-state index in [0.717, 1.165) is 35.0 Å². The van der Waals surface area contributed by atoms with Gasteiger partial charge in [-0.2, -0.15) is 0 Å². The number of aromatic nitrogens is 1. The van der Waals surface area contributed by atoms with Crippen molar-refractivity contribution in [3.63, 3.8) is 0 Å². The molecule has 0 aliphatic carbocycles. The van der Waals surface area contributed by atoms with E-state index in [1.165, 1.54) is 6.07 Å². The Morgan fingerprint density at radius 3 is 2.60 bits per heavy atom. The minimum Gasteiger partial charge on any atom is -0.338 e. The molecule has 7 heteroatoms. The van der Waals surface area contributed by atoms with E-state index < -0.39 is 11.6 Å². The maximum Gasteiger partial charge on any atom is 0.237 e. The first-order valence-corrected chi connectivity index (χ1v) is 8.41. The van der Waals surface area contributed by atoms with Gasteiger partial charge in [-0.1, -0.05) is 35.0 Å². The second kappa shape index (κ2) is 7.48. The number of nitrogens with zero attached hydrogens (tertiary/aromatic N) is 1. The molecule has 3 aromatic rings. The minimum absolute atomic E-state index is 0.0334. The molecule has 0 fully saturated rings. The number of nitrogens with one attached hydrogen (secondary N) is 1. The number of carbonyl (C=O) groups is 1. The molecule has 0 unspecified atom stereocenters. The quantitative estimate of drug-likeness (QED) is 0.673. The van der Waals surface area contributed by atoms with E-state index in [-0.39, 0.29) is 17.5 Å². The molecule has 4 nitrogen and oxygen atoms in total. The maximum atomic E-state index is 13.1. The van der Waals surface area contributed by atoms with Crippen LogP contribution < -0.4 is 5.32 Å². The average Bonchev–Trinajstić information content (AvgIpc) is 3.05. The second-order valence-electron chi connectivity index (χ2n) is 5.36. The standard InChI is InChI=1S/C18H14F2N2O2S/c1-11-2-4-12(5-3-11)16-9-18(24-22-16)21-17(23)10-25-13-6-7-14(19)15(20)8-13/h2-9H,10H2,1H3,(H,21,23). The first kappa shape index (κ1) is 17.2. The van der Waals surface area contributed by atoms with E-state index in [9.17, 15) is 13.6 Å². The van der Waals surface area contributed by atoms with Crippen LogP contribution in [0.3, 0.4) is 0 Å². The van der Waals surface area contributed by atoms with Gasteiger partial charge < -0.3 is 4.52 Å². The fourth-order valence-corrected chi connectivity index (χ4v) is 2.80. The highest BCUT2D eigenvalue weighted by atomic mass is 32.2. The Kier molecular flexibility index (Phi) is 5.14. The molecule has 1 aromatic heterocycles. The Hall–Kier alpha value is -2.67. The van der Waals surface area contributed by atoms with E-state index >= 15 is 0 Å². The molecule has 0 saturated heterocycles. The summed E-state index contributed by atoms with van der Waals surface area (Å²) in [4.78, 5) is 12.4. The maximum absolute atomic E-state index is 13.1. The van der Waals surface area contributed by atoms with E-state index in [0.29, 0.717) is 10.6 Å². The van der Waals surface area contributed by atoms with Crippen LogP contribution in [0.2, 0.25) is 0 Å². The third kappa shape index (κ3) is 4.45. The Bertz CT molecular complexity index is 894. The molecule has 25 heavy (non-hydrogen) atoms. The van der Waals surface area contributed by atoms with Crippen molar-refractivity contribution in [1.29, 1.82) is 0 Å². The molecule has 2 aromatic carbocycles. The first-order chi connectivity index (χ1) is 12.0. The lowest BCUT2D eigenvalue weighted by Gasteiger charge is -2.02. The van der Waals surface area contributed by atoms with Crippen LogP contribution in [0.1, 0.15) is 5.56 Å². The Morgan fingerprint density at radius 1 is 1.12 bits per heavy atom. The molecular formula is C18H14F2N2O2S. The van der Waals surface area contributed by atoms with Crippen LogP contribution in [0.25, 0.3) is 11.3 Å². The van der Waals surface area contributed by atoms with Gasteiger partial charge in [-0.3, -0.25) is 10.1 Å². The third-order valence-electron chi connectivity index (χ3n) is 3.38. The molecular weight excluding hydrogens is 346 g/mol. The van der Waals surface area contributed by atoms with Gasteiger partial charge in [0.05, 0.1) is 5.75 Å². The molecule has 0 atom stereocenters. The van der Waals surface area contributed by atoms with Crippen molar-refractivity contribution in [1.82, 2.24) is 5.16 Å². The summed E-state index contributed by atoms with van der Waals surface area (Å²) in [6.45, 7) is 1.99. The van der Waals surface area contributed by atoms with E-state index in [4.69, 9.17) is 4.52 Å². The fourth-order valence-electron chi connectivity index (χ4n) is 2.08. The van der Waals surface area contributed by atoms with Crippen LogP contribution in [0.15, 0.2) is 57.9 Å². The normalized spacial score (nSPS) is 10.7. The van der Waals surface area contributed by atoms with Crippen LogP contribution in [0.5, 0.6) is 0 Å². The van der Waals surface area contributed by atoms with Gasteiger partial charge >= 0.3 is 0 Å². The molecule has 0 aliphatic rings. The van der Waals surface area contributed by atoms with E-state index in [2.05, 4.69) is 10.5 Å². The monoisotopic (exact) mass is 360 g/mol. The largest absolute Gasteiger partial charge is 0.338 e. The highest BCUT2D eigenvalue weighted by Gasteiger charge is 2.11. The molecule has 3 rings (SSSR count). The number of anilines is 1. The lowest BCUT2D eigenvalue weighted by molar-refractivity contribution is -0.113. The van der Waals surface area contributed by atoms with Crippen LogP contribution >= 0.6 is 11.8 Å². The van der Waals surface area contributed by atoms with Crippen LogP contribution in [-0.2, 0) is 4.79 Å². The molecule has 0 radical (unpaired) electrons. The van der Waals surface area contributed by atoms with Gasteiger partial charge in [0.15, 0.2) is 11.6 Å². The zero-order chi connectivity index (χ0) is 17.8. The summed E-state index contributed by atoms with van der Waals surface area (Å²) in [5, 5.41) is 6.50. The predicted molar refractivity (Wildman–Crippen MR) is 92.4 cm³/mol. The summed E-state index contributed by atoms with van der Waals surface area (Å²) in [5.74, 6) is -1.93. The zero-order valence-electron chi connectivity index (χ0n) is 13.3. The van der Waals surface area contributed by atoms with Gasteiger partial charge in [-0.25, -0.2) is 8.78 Å². The first-order valence-electron chi connectivity index (χ1n) is 7.43. The number of carbonyl (C=O) groups excluding carboxylic acids is 1. The van der Waals surface area contributed by atoms with Gasteiger partial charge in [0.25, 0.3) is 0 Å². The number of halogens is 2. The van der Waals surface area contributed by atoms with Crippen molar-refractivity contribution in [3.05, 3.63) is 65.7 Å².